The third-order valence-electron chi connectivity index (χ3n) is 2.21. The number of anilines is 1. The molecule has 0 unspecified atom stereocenters. The van der Waals surface area contributed by atoms with Crippen molar-refractivity contribution in [1.29, 1.82) is 0 Å². The van der Waals surface area contributed by atoms with Crippen molar-refractivity contribution in [2.75, 3.05) is 25.1 Å². The molecule has 0 spiro atoms. The SMILES string of the molecule is CCCCOCCNc1ncc(Br)cc1[N+](=O)[O-]. The van der Waals surface area contributed by atoms with Crippen LogP contribution in [-0.2, 0) is 4.74 Å². The van der Waals surface area contributed by atoms with Crippen LogP contribution < -0.4 is 5.32 Å². The first-order valence-electron chi connectivity index (χ1n) is 5.76. The molecule has 0 saturated heterocycles. The molecule has 0 aromatic carbocycles. The first kappa shape index (κ1) is 14.8. The molecule has 100 valence electrons. The number of rotatable bonds is 8. The van der Waals surface area contributed by atoms with Crippen LogP contribution in [0.25, 0.3) is 0 Å². The summed E-state index contributed by atoms with van der Waals surface area (Å²) in [6, 6.07) is 1.42. The lowest BCUT2D eigenvalue weighted by atomic mass is 10.4. The molecule has 0 saturated carbocycles. The molecule has 1 aromatic rings. The predicted octanol–water partition coefficient (Wildman–Crippen LogP) is 2.98. The minimum Gasteiger partial charge on any atom is -0.380 e. The summed E-state index contributed by atoms with van der Waals surface area (Å²) in [5.41, 5.74) is -0.0436. The predicted molar refractivity (Wildman–Crippen MR) is 72.8 cm³/mol. The van der Waals surface area contributed by atoms with Crippen LogP contribution >= 0.6 is 15.9 Å². The minimum absolute atomic E-state index is 0.0436. The smallest absolute Gasteiger partial charge is 0.312 e. The normalized spacial score (nSPS) is 10.3. The van der Waals surface area contributed by atoms with Gasteiger partial charge < -0.3 is 10.1 Å². The number of unbranched alkanes of at least 4 members (excludes halogenated alkanes) is 1. The molecular formula is C11H16BrN3O3. The molecule has 0 aliphatic carbocycles. The standard InChI is InChI=1S/C11H16BrN3O3/c1-2-3-5-18-6-4-13-11-10(15(16)17)7-9(12)8-14-11/h7-8H,2-6H2,1H3,(H,13,14). The fraction of sp³-hybridized carbons (Fsp3) is 0.545. The van der Waals surface area contributed by atoms with E-state index in [2.05, 4.69) is 33.2 Å². The van der Waals surface area contributed by atoms with E-state index in [1.165, 1.54) is 12.3 Å². The van der Waals surface area contributed by atoms with Gasteiger partial charge in [0.2, 0.25) is 5.82 Å². The monoisotopic (exact) mass is 317 g/mol. The van der Waals surface area contributed by atoms with Crippen molar-refractivity contribution in [3.05, 3.63) is 26.9 Å². The van der Waals surface area contributed by atoms with Crippen LogP contribution in [0, 0.1) is 10.1 Å². The average Bonchev–Trinajstić information content (AvgIpc) is 2.35. The number of nitrogens with one attached hydrogen (secondary N) is 1. The van der Waals surface area contributed by atoms with Crippen molar-refractivity contribution in [2.24, 2.45) is 0 Å². The van der Waals surface area contributed by atoms with Gasteiger partial charge in [-0.15, -0.1) is 0 Å². The molecule has 1 heterocycles. The molecule has 0 amide bonds. The molecule has 1 aromatic heterocycles. The zero-order valence-electron chi connectivity index (χ0n) is 10.2. The van der Waals surface area contributed by atoms with Gasteiger partial charge in [0.25, 0.3) is 0 Å². The maximum Gasteiger partial charge on any atom is 0.312 e. The lowest BCUT2D eigenvalue weighted by Crippen LogP contribution is -2.12. The van der Waals surface area contributed by atoms with Gasteiger partial charge in [-0.3, -0.25) is 10.1 Å². The van der Waals surface area contributed by atoms with E-state index in [1.807, 2.05) is 0 Å². The highest BCUT2D eigenvalue weighted by Gasteiger charge is 2.15. The van der Waals surface area contributed by atoms with E-state index in [0.29, 0.717) is 24.2 Å². The minimum atomic E-state index is -0.460. The molecular weight excluding hydrogens is 302 g/mol. The highest BCUT2D eigenvalue weighted by Crippen LogP contribution is 2.24. The Balaban J connectivity index is 2.44. The lowest BCUT2D eigenvalue weighted by molar-refractivity contribution is -0.384. The topological polar surface area (TPSA) is 77.3 Å². The third-order valence-corrected chi connectivity index (χ3v) is 2.65. The number of pyridine rings is 1. The van der Waals surface area contributed by atoms with Crippen LogP contribution in [0.2, 0.25) is 0 Å². The summed E-state index contributed by atoms with van der Waals surface area (Å²) >= 11 is 3.16. The summed E-state index contributed by atoms with van der Waals surface area (Å²) in [6.07, 6.45) is 3.64. The Bertz CT molecular complexity index is 401. The molecule has 1 N–H and O–H groups in total. The van der Waals surface area contributed by atoms with Gasteiger partial charge in [-0.25, -0.2) is 4.98 Å². The zero-order chi connectivity index (χ0) is 13.4. The van der Waals surface area contributed by atoms with Gasteiger partial charge >= 0.3 is 5.69 Å². The van der Waals surface area contributed by atoms with E-state index in [9.17, 15) is 10.1 Å². The number of ether oxygens (including phenoxy) is 1. The molecule has 7 heteroatoms. The Hall–Kier alpha value is -1.21. The van der Waals surface area contributed by atoms with Crippen LogP contribution in [0.3, 0.4) is 0 Å². The highest BCUT2D eigenvalue weighted by molar-refractivity contribution is 9.10. The molecule has 0 aliphatic heterocycles. The van der Waals surface area contributed by atoms with Gasteiger partial charge in [0, 0.05) is 29.9 Å². The maximum atomic E-state index is 10.8. The summed E-state index contributed by atoms with van der Waals surface area (Å²) in [6.45, 7) is 3.82. The highest BCUT2D eigenvalue weighted by atomic mass is 79.9. The third kappa shape index (κ3) is 4.97. The van der Waals surface area contributed by atoms with Crippen molar-refractivity contribution in [3.63, 3.8) is 0 Å². The fourth-order valence-corrected chi connectivity index (χ4v) is 1.61. The average molecular weight is 318 g/mol. The molecule has 0 fully saturated rings. The number of nitrogens with zero attached hydrogens (tertiary/aromatic N) is 2. The largest absolute Gasteiger partial charge is 0.380 e. The van der Waals surface area contributed by atoms with Crippen LogP contribution in [0.1, 0.15) is 19.8 Å². The van der Waals surface area contributed by atoms with E-state index >= 15 is 0 Å². The summed E-state index contributed by atoms with van der Waals surface area (Å²) in [5.74, 6) is 0.266. The molecule has 0 radical (unpaired) electrons. The van der Waals surface area contributed by atoms with Crippen LogP contribution in [-0.4, -0.2) is 29.7 Å². The summed E-state index contributed by atoms with van der Waals surface area (Å²) < 4.78 is 5.93. The van der Waals surface area contributed by atoms with Crippen molar-refractivity contribution >= 4 is 27.4 Å². The second-order valence-corrected chi connectivity index (χ2v) is 4.59. The first-order valence-corrected chi connectivity index (χ1v) is 6.56. The molecule has 0 aliphatic rings. The van der Waals surface area contributed by atoms with E-state index in [4.69, 9.17) is 4.74 Å². The Morgan fingerprint density at radius 2 is 2.33 bits per heavy atom. The molecule has 1 rings (SSSR count). The Labute approximate surface area is 114 Å². The molecule has 18 heavy (non-hydrogen) atoms. The quantitative estimate of drug-likeness (QED) is 0.453. The van der Waals surface area contributed by atoms with Crippen molar-refractivity contribution in [1.82, 2.24) is 4.98 Å². The van der Waals surface area contributed by atoms with E-state index in [-0.39, 0.29) is 11.5 Å². The summed E-state index contributed by atoms with van der Waals surface area (Å²) in [5, 5.41) is 13.7. The van der Waals surface area contributed by atoms with Crippen LogP contribution in [0.5, 0.6) is 0 Å². The number of nitro groups is 1. The van der Waals surface area contributed by atoms with Gasteiger partial charge in [0.15, 0.2) is 0 Å². The lowest BCUT2D eigenvalue weighted by Gasteiger charge is -2.07. The van der Waals surface area contributed by atoms with Gasteiger partial charge in [-0.1, -0.05) is 13.3 Å². The Morgan fingerprint density at radius 1 is 1.56 bits per heavy atom. The van der Waals surface area contributed by atoms with E-state index in [1.54, 1.807) is 0 Å². The van der Waals surface area contributed by atoms with E-state index < -0.39 is 4.92 Å². The number of hydrogen-bond acceptors (Lipinski definition) is 5. The van der Waals surface area contributed by atoms with Gasteiger partial charge in [0.05, 0.1) is 11.5 Å². The van der Waals surface area contributed by atoms with Crippen molar-refractivity contribution < 1.29 is 9.66 Å². The molecule has 0 atom stereocenters. The van der Waals surface area contributed by atoms with E-state index in [0.717, 1.165) is 12.8 Å². The van der Waals surface area contributed by atoms with Gasteiger partial charge in [-0.2, -0.15) is 0 Å². The van der Waals surface area contributed by atoms with Crippen molar-refractivity contribution in [3.8, 4) is 0 Å². The first-order chi connectivity index (χ1) is 8.65. The summed E-state index contributed by atoms with van der Waals surface area (Å²) in [7, 11) is 0. The Morgan fingerprint density at radius 3 is 3.00 bits per heavy atom. The van der Waals surface area contributed by atoms with Crippen molar-refractivity contribution in [2.45, 2.75) is 19.8 Å². The number of hydrogen-bond donors (Lipinski definition) is 1. The summed E-state index contributed by atoms with van der Waals surface area (Å²) in [4.78, 5) is 14.3. The molecule has 0 bridgehead atoms. The number of halogens is 1. The number of aromatic nitrogens is 1. The zero-order valence-corrected chi connectivity index (χ0v) is 11.8. The van der Waals surface area contributed by atoms with Gasteiger partial charge in [-0.05, 0) is 22.4 Å². The second-order valence-electron chi connectivity index (χ2n) is 3.67. The second kappa shape index (κ2) is 7.99. The van der Waals surface area contributed by atoms with Crippen LogP contribution in [0.15, 0.2) is 16.7 Å². The molecule has 6 nitrogen and oxygen atoms in total. The van der Waals surface area contributed by atoms with Gasteiger partial charge in [0.1, 0.15) is 0 Å². The fourth-order valence-electron chi connectivity index (χ4n) is 1.29. The maximum absolute atomic E-state index is 10.8. The van der Waals surface area contributed by atoms with Crippen LogP contribution in [0.4, 0.5) is 11.5 Å². The Kier molecular flexibility index (Phi) is 6.59.